The average molecular weight is 556 g/mol. The number of nitrogens with zero attached hydrogens (tertiary/aromatic N) is 4. The molecular weight excluding hydrogens is 527 g/mol. The quantitative estimate of drug-likeness (QED) is 0.319. The summed E-state index contributed by atoms with van der Waals surface area (Å²) in [7, 11) is 0. The number of aromatic amines is 1. The number of H-pyrrole nitrogens is 1. The number of hydrogen-bond acceptors (Lipinski definition) is 5. The molecule has 1 amide bonds. The maximum atomic E-state index is 15.1. The van der Waals surface area contributed by atoms with Crippen molar-refractivity contribution in [3.8, 4) is 17.0 Å². The number of likely N-dealkylation sites (tertiary alicyclic amines) is 1. The number of aromatic nitrogens is 4. The van der Waals surface area contributed by atoms with Gasteiger partial charge in [0, 0.05) is 36.5 Å². The first-order valence-electron chi connectivity index (χ1n) is 12.9. The van der Waals surface area contributed by atoms with E-state index >= 15 is 4.39 Å². The number of nitrogens with one attached hydrogen (secondary N) is 1. The number of carbonyl (C=O) groups is 1. The number of piperidine rings is 1. The second kappa shape index (κ2) is 11.4. The summed E-state index contributed by atoms with van der Waals surface area (Å²) in [6.45, 7) is 0.261. The summed E-state index contributed by atoms with van der Waals surface area (Å²) in [4.78, 5) is 40.2. The molecule has 9 nitrogen and oxygen atoms in total. The van der Waals surface area contributed by atoms with Gasteiger partial charge in [-0.1, -0.05) is 24.3 Å². The Labute approximate surface area is 226 Å². The third-order valence-corrected chi connectivity index (χ3v) is 7.17. The van der Waals surface area contributed by atoms with Crippen LogP contribution in [0.4, 0.5) is 13.2 Å². The lowest BCUT2D eigenvalue weighted by atomic mass is 10.0. The predicted molar refractivity (Wildman–Crippen MR) is 143 cm³/mol. The maximum Gasteiger partial charge on any atom is 0.332 e. The first kappa shape index (κ1) is 27.2. The van der Waals surface area contributed by atoms with E-state index in [-0.39, 0.29) is 17.4 Å². The lowest BCUT2D eigenvalue weighted by Gasteiger charge is -2.31. The van der Waals surface area contributed by atoms with E-state index in [1.165, 1.54) is 4.57 Å². The smallest absolute Gasteiger partial charge is 0.332 e. The summed E-state index contributed by atoms with van der Waals surface area (Å²) in [5, 5.41) is 7.10. The molecule has 1 aliphatic heterocycles. The largest absolute Gasteiger partial charge is 0.482 e. The molecule has 4 aromatic rings. The Hall–Kier alpha value is -4.35. The molecule has 1 N–H and O–H groups in total. The SMILES string of the molecule is Cc1cc(-c2ccc(Cn3c(=O)c4cc(OC(CF)CF)c(F)cc4n(C4CCN(C=O)CC4)c3=O)cc2)n[nH]1. The number of rotatable bonds is 9. The van der Waals surface area contributed by atoms with Gasteiger partial charge in [0.05, 0.1) is 23.1 Å². The zero-order chi connectivity index (χ0) is 28.4. The first-order chi connectivity index (χ1) is 19.3. The third kappa shape index (κ3) is 5.25. The molecule has 5 rings (SSSR count). The van der Waals surface area contributed by atoms with E-state index < -0.39 is 48.3 Å². The molecule has 0 aliphatic carbocycles. The number of alkyl halides is 2. The monoisotopic (exact) mass is 555 g/mol. The molecule has 0 saturated carbocycles. The van der Waals surface area contributed by atoms with Crippen molar-refractivity contribution in [3.05, 3.63) is 80.4 Å². The van der Waals surface area contributed by atoms with Crippen molar-refractivity contribution in [3.63, 3.8) is 0 Å². The Kier molecular flexibility index (Phi) is 7.76. The molecule has 12 heteroatoms. The molecule has 1 saturated heterocycles. The minimum absolute atomic E-state index is 0.0195. The van der Waals surface area contributed by atoms with Crippen molar-refractivity contribution >= 4 is 17.3 Å². The number of aryl methyl sites for hydroxylation is 1. The van der Waals surface area contributed by atoms with Crippen molar-refractivity contribution in [1.29, 1.82) is 0 Å². The zero-order valence-electron chi connectivity index (χ0n) is 21.8. The van der Waals surface area contributed by atoms with Gasteiger partial charge in [0.1, 0.15) is 13.3 Å². The molecule has 0 radical (unpaired) electrons. The fourth-order valence-electron chi connectivity index (χ4n) is 5.02. The predicted octanol–water partition coefficient (Wildman–Crippen LogP) is 3.53. The zero-order valence-corrected chi connectivity index (χ0v) is 21.8. The molecular formula is C28H28F3N5O4. The van der Waals surface area contributed by atoms with E-state index in [4.69, 9.17) is 4.74 Å². The van der Waals surface area contributed by atoms with Gasteiger partial charge in [-0.15, -0.1) is 0 Å². The lowest BCUT2D eigenvalue weighted by molar-refractivity contribution is -0.119. The molecule has 0 bridgehead atoms. The first-order valence-corrected chi connectivity index (χ1v) is 12.9. The van der Waals surface area contributed by atoms with Gasteiger partial charge in [-0.05, 0) is 37.5 Å². The Morgan fingerprint density at radius 1 is 1.10 bits per heavy atom. The van der Waals surface area contributed by atoms with Crippen LogP contribution in [0.1, 0.15) is 30.1 Å². The van der Waals surface area contributed by atoms with Crippen molar-refractivity contribution in [2.24, 2.45) is 0 Å². The van der Waals surface area contributed by atoms with Crippen LogP contribution in [0.15, 0.2) is 52.1 Å². The van der Waals surface area contributed by atoms with Gasteiger partial charge in [0.15, 0.2) is 17.7 Å². The summed E-state index contributed by atoms with van der Waals surface area (Å²) in [5.41, 5.74) is 1.94. The van der Waals surface area contributed by atoms with Crippen LogP contribution in [-0.2, 0) is 11.3 Å². The Bertz CT molecular complexity index is 1630. The fraction of sp³-hybridized carbons (Fsp3) is 0.357. The van der Waals surface area contributed by atoms with Gasteiger partial charge in [0.25, 0.3) is 5.56 Å². The van der Waals surface area contributed by atoms with Crippen molar-refractivity contribution in [2.75, 3.05) is 26.4 Å². The van der Waals surface area contributed by atoms with Crippen LogP contribution in [0, 0.1) is 12.7 Å². The molecule has 3 heterocycles. The highest BCUT2D eigenvalue weighted by molar-refractivity contribution is 5.80. The summed E-state index contributed by atoms with van der Waals surface area (Å²) in [6.07, 6.45) is 0.0659. The minimum Gasteiger partial charge on any atom is -0.482 e. The third-order valence-electron chi connectivity index (χ3n) is 7.17. The average Bonchev–Trinajstić information content (AvgIpc) is 3.41. The molecule has 0 spiro atoms. The molecule has 0 unspecified atom stereocenters. The standard InChI is InChI=1S/C28H28F3N5O4/c1-17-10-24(33-32-17)19-4-2-18(3-5-19)15-35-27(38)22-11-26(40-21(13-29)14-30)23(31)12-25(22)36(28(35)39)20-6-8-34(16-37)9-7-20/h2-5,10-12,16,20-21H,6-9,13-15H2,1H3,(H,32,33). The maximum absolute atomic E-state index is 15.1. The Morgan fingerprint density at radius 3 is 2.40 bits per heavy atom. The summed E-state index contributed by atoms with van der Waals surface area (Å²) in [6, 6.07) is 10.8. The molecule has 40 heavy (non-hydrogen) atoms. The van der Waals surface area contributed by atoms with Gasteiger partial charge >= 0.3 is 5.69 Å². The van der Waals surface area contributed by atoms with Crippen LogP contribution in [-0.4, -0.2) is 63.2 Å². The number of ether oxygens (including phenoxy) is 1. The van der Waals surface area contributed by atoms with Crippen molar-refractivity contribution in [2.45, 2.75) is 38.5 Å². The highest BCUT2D eigenvalue weighted by atomic mass is 19.1. The van der Waals surface area contributed by atoms with Crippen LogP contribution >= 0.6 is 0 Å². The Balaban J connectivity index is 1.60. The van der Waals surface area contributed by atoms with E-state index in [9.17, 15) is 23.2 Å². The Morgan fingerprint density at radius 2 is 1.80 bits per heavy atom. The van der Waals surface area contributed by atoms with Crippen LogP contribution in [0.25, 0.3) is 22.2 Å². The summed E-state index contributed by atoms with van der Waals surface area (Å²) < 4.78 is 48.8. The highest BCUT2D eigenvalue weighted by Gasteiger charge is 2.26. The fourth-order valence-corrected chi connectivity index (χ4v) is 5.02. The molecule has 1 aliphatic rings. The van der Waals surface area contributed by atoms with Crippen molar-refractivity contribution < 1.29 is 22.7 Å². The molecule has 1 fully saturated rings. The van der Waals surface area contributed by atoms with E-state index in [1.807, 2.05) is 25.1 Å². The number of amides is 1. The second-order valence-corrected chi connectivity index (χ2v) is 9.90. The van der Waals surface area contributed by atoms with Crippen LogP contribution < -0.4 is 16.0 Å². The van der Waals surface area contributed by atoms with Gasteiger partial charge in [-0.2, -0.15) is 5.10 Å². The number of carbonyl (C=O) groups excluding carboxylic acids is 1. The van der Waals surface area contributed by atoms with E-state index in [0.29, 0.717) is 31.5 Å². The number of fused-ring (bicyclic) bond motifs is 1. The van der Waals surface area contributed by atoms with E-state index in [2.05, 4.69) is 10.2 Å². The van der Waals surface area contributed by atoms with Crippen LogP contribution in [0.5, 0.6) is 5.75 Å². The number of benzene rings is 2. The molecule has 2 aromatic carbocycles. The second-order valence-electron chi connectivity index (χ2n) is 9.90. The van der Waals surface area contributed by atoms with Gasteiger partial charge in [-0.25, -0.2) is 18.0 Å². The normalized spacial score (nSPS) is 14.3. The topological polar surface area (TPSA) is 102 Å². The van der Waals surface area contributed by atoms with Crippen LogP contribution in [0.3, 0.4) is 0 Å². The van der Waals surface area contributed by atoms with Gasteiger partial charge in [0.2, 0.25) is 6.41 Å². The van der Waals surface area contributed by atoms with Crippen LogP contribution in [0.2, 0.25) is 0 Å². The minimum atomic E-state index is -1.52. The van der Waals surface area contributed by atoms with E-state index in [0.717, 1.165) is 40.1 Å². The summed E-state index contributed by atoms with van der Waals surface area (Å²) in [5.74, 6) is -1.42. The van der Waals surface area contributed by atoms with E-state index in [1.54, 1.807) is 17.0 Å². The molecule has 2 aromatic heterocycles. The van der Waals surface area contributed by atoms with Gasteiger partial charge in [-0.3, -0.25) is 23.8 Å². The molecule has 210 valence electrons. The molecule has 0 atom stereocenters. The van der Waals surface area contributed by atoms with Crippen molar-refractivity contribution in [1.82, 2.24) is 24.2 Å². The van der Waals surface area contributed by atoms with Gasteiger partial charge < -0.3 is 9.64 Å². The number of halogens is 3. The lowest BCUT2D eigenvalue weighted by Crippen LogP contribution is -2.44. The number of hydrogen-bond donors (Lipinski definition) is 1. The summed E-state index contributed by atoms with van der Waals surface area (Å²) >= 11 is 0. The highest BCUT2D eigenvalue weighted by Crippen LogP contribution is 2.28.